The van der Waals surface area contributed by atoms with Gasteiger partial charge in [0.15, 0.2) is 5.16 Å². The van der Waals surface area contributed by atoms with Crippen molar-refractivity contribution in [1.82, 2.24) is 9.97 Å². The first-order valence-electron chi connectivity index (χ1n) is 3.88. The van der Waals surface area contributed by atoms with E-state index >= 15 is 0 Å². The van der Waals surface area contributed by atoms with E-state index < -0.39 is 0 Å². The first-order chi connectivity index (χ1) is 5.84. The average molecular weight is 182 g/mol. The summed E-state index contributed by atoms with van der Waals surface area (Å²) in [6.45, 7) is 2.87. The van der Waals surface area contributed by atoms with Gasteiger partial charge >= 0.3 is 0 Å². The molecule has 64 valence electrons. The van der Waals surface area contributed by atoms with Gasteiger partial charge in [-0.05, 0) is 13.0 Å². The molecule has 1 aliphatic heterocycles. The summed E-state index contributed by atoms with van der Waals surface area (Å²) in [5, 5.41) is 0.852. The molecule has 0 spiro atoms. The maximum absolute atomic E-state index is 5.08. The first-order valence-corrected chi connectivity index (χ1v) is 4.87. The summed E-state index contributed by atoms with van der Waals surface area (Å²) >= 11 is 1.66. The Morgan fingerprint density at radius 2 is 2.58 bits per heavy atom. The fraction of sp³-hybridized carbons (Fsp3) is 0.500. The standard InChI is InChI=1S/C8H10N2OS/c1-6-2-3-9-8(10-6)12-5-7-4-11-7/h2-3,7H,4-5H2,1H3/t7-/m1/s1. The van der Waals surface area contributed by atoms with Gasteiger partial charge in [-0.2, -0.15) is 0 Å². The molecule has 0 bridgehead atoms. The molecule has 12 heavy (non-hydrogen) atoms. The summed E-state index contributed by atoms with van der Waals surface area (Å²) in [7, 11) is 0. The Morgan fingerprint density at radius 1 is 1.75 bits per heavy atom. The minimum atomic E-state index is 0.444. The van der Waals surface area contributed by atoms with Crippen LogP contribution in [0.3, 0.4) is 0 Å². The number of hydrogen-bond donors (Lipinski definition) is 0. The Labute approximate surface area is 75.6 Å². The van der Waals surface area contributed by atoms with Crippen molar-refractivity contribution < 1.29 is 4.74 Å². The second kappa shape index (κ2) is 3.41. The van der Waals surface area contributed by atoms with E-state index in [0.29, 0.717) is 6.10 Å². The maximum atomic E-state index is 5.08. The van der Waals surface area contributed by atoms with Crippen LogP contribution in [0.2, 0.25) is 0 Å². The molecule has 3 nitrogen and oxygen atoms in total. The highest BCUT2D eigenvalue weighted by atomic mass is 32.2. The highest BCUT2D eigenvalue weighted by Crippen LogP contribution is 2.20. The number of epoxide rings is 1. The van der Waals surface area contributed by atoms with Crippen molar-refractivity contribution in [3.63, 3.8) is 0 Å². The zero-order valence-electron chi connectivity index (χ0n) is 6.86. The normalized spacial score (nSPS) is 20.9. The SMILES string of the molecule is Cc1ccnc(SC[C@H]2CO2)n1. The fourth-order valence-corrected chi connectivity index (χ4v) is 1.70. The van der Waals surface area contributed by atoms with E-state index in [4.69, 9.17) is 4.74 Å². The smallest absolute Gasteiger partial charge is 0.187 e. The van der Waals surface area contributed by atoms with Crippen LogP contribution in [0, 0.1) is 6.92 Å². The average Bonchev–Trinajstić information content (AvgIpc) is 2.84. The quantitative estimate of drug-likeness (QED) is 0.401. The molecule has 1 aromatic heterocycles. The third-order valence-electron chi connectivity index (χ3n) is 1.57. The highest BCUT2D eigenvalue weighted by Gasteiger charge is 2.22. The van der Waals surface area contributed by atoms with Crippen molar-refractivity contribution in [1.29, 1.82) is 0 Å². The molecule has 0 amide bonds. The lowest BCUT2D eigenvalue weighted by Gasteiger charge is -1.97. The van der Waals surface area contributed by atoms with E-state index in [-0.39, 0.29) is 0 Å². The van der Waals surface area contributed by atoms with Gasteiger partial charge in [0.25, 0.3) is 0 Å². The number of ether oxygens (including phenoxy) is 1. The van der Waals surface area contributed by atoms with Crippen LogP contribution in [0.25, 0.3) is 0 Å². The molecule has 0 N–H and O–H groups in total. The van der Waals surface area contributed by atoms with E-state index in [1.165, 1.54) is 0 Å². The Balaban J connectivity index is 1.92. The van der Waals surface area contributed by atoms with Gasteiger partial charge in [0.05, 0.1) is 12.7 Å². The van der Waals surface area contributed by atoms with Crippen molar-refractivity contribution in [3.05, 3.63) is 18.0 Å². The van der Waals surface area contributed by atoms with Crippen LogP contribution < -0.4 is 0 Å². The van der Waals surface area contributed by atoms with Gasteiger partial charge in [-0.25, -0.2) is 9.97 Å². The fourth-order valence-electron chi connectivity index (χ4n) is 0.827. The second-order valence-corrected chi connectivity index (χ2v) is 3.73. The van der Waals surface area contributed by atoms with Crippen molar-refractivity contribution in [2.75, 3.05) is 12.4 Å². The molecule has 2 rings (SSSR count). The van der Waals surface area contributed by atoms with Gasteiger partial charge in [0.2, 0.25) is 0 Å². The van der Waals surface area contributed by atoms with Crippen LogP contribution in [0.5, 0.6) is 0 Å². The topological polar surface area (TPSA) is 38.3 Å². The van der Waals surface area contributed by atoms with Crippen LogP contribution >= 0.6 is 11.8 Å². The van der Waals surface area contributed by atoms with E-state index in [0.717, 1.165) is 23.2 Å². The van der Waals surface area contributed by atoms with Crippen molar-refractivity contribution in [2.24, 2.45) is 0 Å². The zero-order chi connectivity index (χ0) is 8.39. The lowest BCUT2D eigenvalue weighted by Crippen LogP contribution is -1.93. The number of rotatable bonds is 3. The van der Waals surface area contributed by atoms with Crippen molar-refractivity contribution >= 4 is 11.8 Å². The third kappa shape index (κ3) is 2.19. The summed E-state index contributed by atoms with van der Waals surface area (Å²) < 4.78 is 5.08. The Bertz CT molecular complexity index is 276. The lowest BCUT2D eigenvalue weighted by atomic mass is 10.5. The molecule has 0 radical (unpaired) electrons. The van der Waals surface area contributed by atoms with Crippen LogP contribution in [0.4, 0.5) is 0 Å². The number of aryl methyl sites for hydroxylation is 1. The molecule has 4 heteroatoms. The van der Waals surface area contributed by atoms with E-state index in [1.54, 1.807) is 18.0 Å². The minimum Gasteiger partial charge on any atom is -0.372 e. The summed E-state index contributed by atoms with van der Waals surface area (Å²) in [5.41, 5.74) is 1.02. The molecule has 1 saturated heterocycles. The van der Waals surface area contributed by atoms with Gasteiger partial charge in [0.1, 0.15) is 0 Å². The van der Waals surface area contributed by atoms with Gasteiger partial charge < -0.3 is 4.74 Å². The number of hydrogen-bond acceptors (Lipinski definition) is 4. The molecule has 1 aliphatic rings. The Kier molecular flexibility index (Phi) is 2.28. The summed E-state index contributed by atoms with van der Waals surface area (Å²) in [4.78, 5) is 8.40. The molecule has 2 heterocycles. The lowest BCUT2D eigenvalue weighted by molar-refractivity contribution is 0.426. The van der Waals surface area contributed by atoms with Crippen molar-refractivity contribution in [2.45, 2.75) is 18.2 Å². The highest BCUT2D eigenvalue weighted by molar-refractivity contribution is 7.99. The third-order valence-corrected chi connectivity index (χ3v) is 2.57. The molecule has 0 aliphatic carbocycles. The van der Waals surface area contributed by atoms with Gasteiger partial charge in [-0.3, -0.25) is 0 Å². The predicted molar refractivity (Wildman–Crippen MR) is 47.2 cm³/mol. The Morgan fingerprint density at radius 3 is 3.25 bits per heavy atom. The predicted octanol–water partition coefficient (Wildman–Crippen LogP) is 1.28. The molecular weight excluding hydrogens is 172 g/mol. The van der Waals surface area contributed by atoms with Crippen LogP contribution in [0.15, 0.2) is 17.4 Å². The van der Waals surface area contributed by atoms with Crippen LogP contribution in [-0.2, 0) is 4.74 Å². The molecule has 0 saturated carbocycles. The molecular formula is C8H10N2OS. The summed E-state index contributed by atoms with van der Waals surface area (Å²) in [5.74, 6) is 0.976. The summed E-state index contributed by atoms with van der Waals surface area (Å²) in [6, 6.07) is 1.90. The molecule has 0 aromatic carbocycles. The van der Waals surface area contributed by atoms with E-state index in [9.17, 15) is 0 Å². The largest absolute Gasteiger partial charge is 0.372 e. The maximum Gasteiger partial charge on any atom is 0.187 e. The van der Waals surface area contributed by atoms with Crippen molar-refractivity contribution in [3.8, 4) is 0 Å². The van der Waals surface area contributed by atoms with E-state index in [2.05, 4.69) is 9.97 Å². The monoisotopic (exact) mass is 182 g/mol. The van der Waals surface area contributed by atoms with Gasteiger partial charge in [-0.1, -0.05) is 11.8 Å². The summed E-state index contributed by atoms with van der Waals surface area (Å²) in [6.07, 6.45) is 2.23. The zero-order valence-corrected chi connectivity index (χ0v) is 7.67. The van der Waals surface area contributed by atoms with E-state index in [1.807, 2.05) is 13.0 Å². The first kappa shape index (κ1) is 8.01. The number of aromatic nitrogens is 2. The molecule has 1 aromatic rings. The molecule has 0 unspecified atom stereocenters. The van der Waals surface area contributed by atoms with Crippen LogP contribution in [-0.4, -0.2) is 28.4 Å². The van der Waals surface area contributed by atoms with Gasteiger partial charge in [-0.15, -0.1) is 0 Å². The van der Waals surface area contributed by atoms with Gasteiger partial charge in [0, 0.05) is 17.6 Å². The Hall–Kier alpha value is -0.610. The second-order valence-electron chi connectivity index (χ2n) is 2.75. The molecule has 1 fully saturated rings. The van der Waals surface area contributed by atoms with Crippen LogP contribution in [0.1, 0.15) is 5.69 Å². The number of thioether (sulfide) groups is 1. The molecule has 1 atom stereocenters. The minimum absolute atomic E-state index is 0.444. The number of nitrogens with zero attached hydrogens (tertiary/aromatic N) is 2.